The predicted molar refractivity (Wildman–Crippen MR) is 105 cm³/mol. The lowest BCUT2D eigenvalue weighted by atomic mass is 10.0. The van der Waals surface area contributed by atoms with Crippen molar-refractivity contribution in [2.45, 2.75) is 57.9 Å². The highest BCUT2D eigenvalue weighted by Crippen LogP contribution is 2.60. The number of rotatable bonds is 7. The summed E-state index contributed by atoms with van der Waals surface area (Å²) < 4.78 is 16.7. The number of nitrogens with zero attached hydrogens (tertiary/aromatic N) is 1. The van der Waals surface area contributed by atoms with Crippen LogP contribution in [0.3, 0.4) is 0 Å². The van der Waals surface area contributed by atoms with Gasteiger partial charge >= 0.3 is 12.1 Å². The Morgan fingerprint density at radius 1 is 1.25 bits per heavy atom. The molecule has 1 saturated heterocycles. The Kier molecular flexibility index (Phi) is 5.79. The van der Waals surface area contributed by atoms with E-state index in [1.54, 1.807) is 11.0 Å². The van der Waals surface area contributed by atoms with Gasteiger partial charge in [0.15, 0.2) is 0 Å². The van der Waals surface area contributed by atoms with Gasteiger partial charge in [-0.1, -0.05) is 36.4 Å². The lowest BCUT2D eigenvalue weighted by Crippen LogP contribution is -2.46. The van der Waals surface area contributed by atoms with E-state index in [9.17, 15) is 9.59 Å². The first-order chi connectivity index (χ1) is 13.3. The van der Waals surface area contributed by atoms with E-state index >= 15 is 0 Å². The number of hydrogen-bond acceptors (Lipinski definition) is 5. The summed E-state index contributed by atoms with van der Waals surface area (Å²) in [5.74, 6) is -0.398. The molecule has 28 heavy (non-hydrogen) atoms. The molecule has 2 fully saturated rings. The second-order valence-corrected chi connectivity index (χ2v) is 8.59. The van der Waals surface area contributed by atoms with Crippen LogP contribution < -0.4 is 0 Å². The molecule has 0 radical (unpaired) electrons. The molecule has 6 nitrogen and oxygen atoms in total. The largest absolute Gasteiger partial charge is 0.459 e. The summed E-state index contributed by atoms with van der Waals surface area (Å²) in [7, 11) is 0. The van der Waals surface area contributed by atoms with Crippen LogP contribution in [0, 0.1) is 5.41 Å². The molecule has 6 heteroatoms. The minimum atomic E-state index is -0.648. The molecule has 1 aromatic rings. The smallest absolute Gasteiger partial charge is 0.411 e. The molecule has 0 N–H and O–H groups in total. The number of hydrogen-bond donors (Lipinski definition) is 0. The van der Waals surface area contributed by atoms with Crippen molar-refractivity contribution in [2.24, 2.45) is 5.41 Å². The Morgan fingerprint density at radius 3 is 2.61 bits per heavy atom. The maximum atomic E-state index is 12.8. The van der Waals surface area contributed by atoms with E-state index in [4.69, 9.17) is 14.2 Å². The van der Waals surface area contributed by atoms with Crippen molar-refractivity contribution in [1.82, 2.24) is 4.90 Å². The summed E-state index contributed by atoms with van der Waals surface area (Å²) >= 11 is 0. The standard InChI is InChI=1S/C22H29NO5/c1-5-11-26-15-22-12-17(19(24)27-14-16-9-7-6-8-10-16)23(18(22)13-22)20(25)28-21(2,3)4/h5-10,17-18H,1,11-15H2,2-4H3/t17-,18-,22+/m0/s1. The summed E-state index contributed by atoms with van der Waals surface area (Å²) in [5, 5.41) is 0. The van der Waals surface area contributed by atoms with E-state index in [2.05, 4.69) is 6.58 Å². The normalized spacial score (nSPS) is 25.8. The molecule has 1 heterocycles. The third kappa shape index (κ3) is 4.55. The summed E-state index contributed by atoms with van der Waals surface area (Å²) in [5.41, 5.74) is 0.0812. The number of amides is 1. The average Bonchev–Trinajstić information content (AvgIpc) is 3.23. The summed E-state index contributed by atoms with van der Waals surface area (Å²) in [6.45, 7) is 10.2. The highest BCUT2D eigenvalue weighted by molar-refractivity contribution is 5.83. The molecule has 1 aromatic carbocycles. The first kappa shape index (κ1) is 20.4. The molecule has 0 aromatic heterocycles. The van der Waals surface area contributed by atoms with Gasteiger partial charge < -0.3 is 14.2 Å². The minimum Gasteiger partial charge on any atom is -0.459 e. The molecule has 1 aliphatic heterocycles. The fraction of sp³-hybridized carbons (Fsp3) is 0.545. The van der Waals surface area contributed by atoms with Crippen LogP contribution in [0.2, 0.25) is 0 Å². The van der Waals surface area contributed by atoms with Crippen LogP contribution in [-0.4, -0.2) is 47.9 Å². The Hall–Kier alpha value is -2.34. The van der Waals surface area contributed by atoms with Crippen LogP contribution in [0.25, 0.3) is 0 Å². The fourth-order valence-corrected chi connectivity index (χ4v) is 3.79. The Labute approximate surface area is 166 Å². The summed E-state index contributed by atoms with van der Waals surface area (Å²) in [6.07, 6.45) is 2.57. The average molecular weight is 387 g/mol. The Balaban J connectivity index is 1.69. The number of carbonyl (C=O) groups is 2. The molecular formula is C22H29NO5. The van der Waals surface area contributed by atoms with Gasteiger partial charge in [0.05, 0.1) is 13.2 Å². The third-order valence-corrected chi connectivity index (χ3v) is 5.14. The second-order valence-electron chi connectivity index (χ2n) is 8.59. The Morgan fingerprint density at radius 2 is 1.96 bits per heavy atom. The van der Waals surface area contributed by atoms with Crippen molar-refractivity contribution in [2.75, 3.05) is 13.2 Å². The van der Waals surface area contributed by atoms with E-state index in [1.807, 2.05) is 51.1 Å². The van der Waals surface area contributed by atoms with Gasteiger partial charge in [-0.2, -0.15) is 0 Å². The highest BCUT2D eigenvalue weighted by atomic mass is 16.6. The van der Waals surface area contributed by atoms with Gasteiger partial charge in [0, 0.05) is 11.5 Å². The lowest BCUT2D eigenvalue weighted by molar-refractivity contribution is -0.150. The third-order valence-electron chi connectivity index (χ3n) is 5.14. The molecule has 3 atom stereocenters. The Bertz CT molecular complexity index is 726. The van der Waals surface area contributed by atoms with Crippen LogP contribution in [0.5, 0.6) is 0 Å². The lowest BCUT2D eigenvalue weighted by Gasteiger charge is -2.29. The molecular weight excluding hydrogens is 358 g/mol. The minimum absolute atomic E-state index is 0.0542. The van der Waals surface area contributed by atoms with Gasteiger partial charge in [-0.15, -0.1) is 6.58 Å². The van der Waals surface area contributed by atoms with Gasteiger partial charge in [-0.3, -0.25) is 4.90 Å². The first-order valence-corrected chi connectivity index (χ1v) is 9.66. The van der Waals surface area contributed by atoms with Crippen LogP contribution in [0.15, 0.2) is 43.0 Å². The number of likely N-dealkylation sites (tertiary alicyclic amines) is 1. The molecule has 152 valence electrons. The van der Waals surface area contributed by atoms with Crippen molar-refractivity contribution in [3.05, 3.63) is 48.6 Å². The SMILES string of the molecule is C=CCOC[C@@]12C[C@@H]1N(C(=O)OC(C)(C)C)[C@H](C(=O)OCc1ccccc1)C2. The highest BCUT2D eigenvalue weighted by Gasteiger charge is 2.68. The van der Waals surface area contributed by atoms with Gasteiger partial charge in [-0.05, 0) is 39.2 Å². The zero-order chi connectivity index (χ0) is 20.4. The predicted octanol–water partition coefficient (Wildman–Crippen LogP) is 3.70. The van der Waals surface area contributed by atoms with Gasteiger partial charge in [0.25, 0.3) is 0 Å². The summed E-state index contributed by atoms with van der Waals surface area (Å²) in [4.78, 5) is 27.2. The number of esters is 1. The van der Waals surface area contributed by atoms with Crippen LogP contribution in [-0.2, 0) is 25.6 Å². The summed E-state index contributed by atoms with van der Waals surface area (Å²) in [6, 6.07) is 8.80. The van der Waals surface area contributed by atoms with Gasteiger partial charge in [0.2, 0.25) is 0 Å². The van der Waals surface area contributed by atoms with E-state index in [-0.39, 0.29) is 18.1 Å². The molecule has 0 bridgehead atoms. The molecule has 1 saturated carbocycles. The quantitative estimate of drug-likeness (QED) is 0.405. The number of carbonyl (C=O) groups excluding carboxylic acids is 2. The van der Waals surface area contributed by atoms with Gasteiger partial charge in [0.1, 0.15) is 18.2 Å². The van der Waals surface area contributed by atoms with Crippen molar-refractivity contribution < 1.29 is 23.8 Å². The van der Waals surface area contributed by atoms with Crippen molar-refractivity contribution in [3.63, 3.8) is 0 Å². The van der Waals surface area contributed by atoms with E-state index in [0.717, 1.165) is 12.0 Å². The van der Waals surface area contributed by atoms with Crippen LogP contribution in [0.4, 0.5) is 4.79 Å². The zero-order valence-electron chi connectivity index (χ0n) is 16.8. The van der Waals surface area contributed by atoms with E-state index in [0.29, 0.717) is 19.6 Å². The maximum Gasteiger partial charge on any atom is 0.411 e. The molecule has 2 aliphatic rings. The first-order valence-electron chi connectivity index (χ1n) is 9.66. The molecule has 1 amide bonds. The maximum absolute atomic E-state index is 12.8. The monoisotopic (exact) mass is 387 g/mol. The van der Waals surface area contributed by atoms with Crippen molar-refractivity contribution >= 4 is 12.1 Å². The molecule has 1 aliphatic carbocycles. The number of fused-ring (bicyclic) bond motifs is 1. The second kappa shape index (κ2) is 7.95. The molecule has 3 rings (SSSR count). The number of benzene rings is 1. The molecule has 0 unspecified atom stereocenters. The topological polar surface area (TPSA) is 65.1 Å². The zero-order valence-corrected chi connectivity index (χ0v) is 16.8. The van der Waals surface area contributed by atoms with Crippen LogP contribution >= 0.6 is 0 Å². The van der Waals surface area contributed by atoms with Crippen molar-refractivity contribution in [1.29, 1.82) is 0 Å². The van der Waals surface area contributed by atoms with E-state index in [1.165, 1.54) is 0 Å². The fourth-order valence-electron chi connectivity index (χ4n) is 3.79. The van der Waals surface area contributed by atoms with Crippen LogP contribution in [0.1, 0.15) is 39.2 Å². The van der Waals surface area contributed by atoms with Crippen molar-refractivity contribution in [3.8, 4) is 0 Å². The van der Waals surface area contributed by atoms with E-state index < -0.39 is 23.7 Å². The molecule has 0 spiro atoms. The number of piperidine rings is 1. The van der Waals surface area contributed by atoms with Gasteiger partial charge in [-0.25, -0.2) is 9.59 Å². The number of ether oxygens (including phenoxy) is 3.